The third-order valence-corrected chi connectivity index (χ3v) is 4.25. The van der Waals surface area contributed by atoms with Gasteiger partial charge in [-0.2, -0.15) is 18.3 Å². The molecule has 2 rings (SSSR count). The molecule has 0 bridgehead atoms. The summed E-state index contributed by atoms with van der Waals surface area (Å²) in [5.74, 6) is -0.379. The van der Waals surface area contributed by atoms with E-state index < -0.39 is 23.8 Å². The maximum Gasteiger partial charge on any atom is 0.436 e. The van der Waals surface area contributed by atoms with Gasteiger partial charge in [-0.05, 0) is 22.4 Å². The number of carbonyl (C=O) groups excluding carboxylic acids is 1. The van der Waals surface area contributed by atoms with E-state index in [9.17, 15) is 18.0 Å². The smallest absolute Gasteiger partial charge is 0.338 e. The van der Waals surface area contributed by atoms with Gasteiger partial charge in [-0.1, -0.05) is 39.3 Å². The van der Waals surface area contributed by atoms with Crippen molar-refractivity contribution in [1.29, 1.82) is 0 Å². The van der Waals surface area contributed by atoms with Crippen molar-refractivity contribution >= 4 is 27.7 Å². The standard InChI is InChI=1S/C16H20BrF3N4O2/c1-5-6-10(24-8-9(17)13(22-24)16(18,19)20)14(25)21-12-7-11(23-26-12)15(2,3)4/h7-8,10H,5-6H2,1-4H3,(H,21,25). The molecule has 2 aromatic heterocycles. The minimum atomic E-state index is -4.61. The molecule has 2 aromatic rings. The molecule has 1 unspecified atom stereocenters. The van der Waals surface area contributed by atoms with E-state index in [0.717, 1.165) is 10.9 Å². The van der Waals surface area contributed by atoms with Gasteiger partial charge in [0.25, 0.3) is 5.91 Å². The number of rotatable bonds is 5. The Morgan fingerprint density at radius 3 is 2.50 bits per heavy atom. The Bertz CT molecular complexity index is 777. The van der Waals surface area contributed by atoms with Crippen molar-refractivity contribution < 1.29 is 22.5 Å². The summed E-state index contributed by atoms with van der Waals surface area (Å²) < 4.78 is 44.7. The van der Waals surface area contributed by atoms with E-state index in [1.807, 2.05) is 27.7 Å². The highest BCUT2D eigenvalue weighted by molar-refractivity contribution is 9.10. The van der Waals surface area contributed by atoms with E-state index in [1.165, 1.54) is 0 Å². The van der Waals surface area contributed by atoms with Gasteiger partial charge in [0.05, 0.1) is 10.2 Å². The lowest BCUT2D eigenvalue weighted by molar-refractivity contribution is -0.142. The second kappa shape index (κ2) is 7.42. The monoisotopic (exact) mass is 436 g/mol. The van der Waals surface area contributed by atoms with Crippen LogP contribution in [0.25, 0.3) is 0 Å². The van der Waals surface area contributed by atoms with Gasteiger partial charge in [0.1, 0.15) is 6.04 Å². The fraction of sp³-hybridized carbons (Fsp3) is 0.562. The van der Waals surface area contributed by atoms with Crippen LogP contribution in [-0.2, 0) is 16.4 Å². The molecule has 0 aliphatic rings. The number of hydrogen-bond acceptors (Lipinski definition) is 4. The summed E-state index contributed by atoms with van der Waals surface area (Å²) in [5, 5.41) is 10.0. The Morgan fingerprint density at radius 1 is 1.38 bits per heavy atom. The highest BCUT2D eigenvalue weighted by Crippen LogP contribution is 2.34. The first-order valence-corrected chi connectivity index (χ1v) is 8.82. The van der Waals surface area contributed by atoms with Crippen LogP contribution in [0.1, 0.15) is 58.0 Å². The van der Waals surface area contributed by atoms with Crippen LogP contribution in [0.3, 0.4) is 0 Å². The zero-order valence-corrected chi connectivity index (χ0v) is 16.4. The number of aromatic nitrogens is 3. The Morgan fingerprint density at radius 2 is 2.04 bits per heavy atom. The van der Waals surface area contributed by atoms with Gasteiger partial charge in [0, 0.05) is 17.7 Å². The van der Waals surface area contributed by atoms with Crippen LogP contribution in [-0.4, -0.2) is 20.8 Å². The maximum absolute atomic E-state index is 12.9. The van der Waals surface area contributed by atoms with Crippen LogP contribution in [0.15, 0.2) is 21.3 Å². The van der Waals surface area contributed by atoms with Crippen LogP contribution >= 0.6 is 15.9 Å². The quantitative estimate of drug-likeness (QED) is 0.720. The van der Waals surface area contributed by atoms with Crippen LogP contribution in [0.2, 0.25) is 0 Å². The van der Waals surface area contributed by atoms with Gasteiger partial charge in [0.15, 0.2) is 5.69 Å². The number of nitrogens with zero attached hydrogens (tertiary/aromatic N) is 3. The van der Waals surface area contributed by atoms with Gasteiger partial charge in [0.2, 0.25) is 5.88 Å². The molecular weight excluding hydrogens is 417 g/mol. The SMILES string of the molecule is CCCC(C(=O)Nc1cc(C(C)(C)C)no1)n1cc(Br)c(C(F)(F)F)n1. The van der Waals surface area contributed by atoms with Crippen LogP contribution < -0.4 is 5.32 Å². The average Bonchev–Trinajstić information content (AvgIpc) is 3.10. The summed E-state index contributed by atoms with van der Waals surface area (Å²) in [4.78, 5) is 12.6. The summed E-state index contributed by atoms with van der Waals surface area (Å²) >= 11 is 2.85. The van der Waals surface area contributed by atoms with Gasteiger partial charge in [-0.3, -0.25) is 14.8 Å². The van der Waals surface area contributed by atoms with E-state index in [2.05, 4.69) is 31.5 Å². The topological polar surface area (TPSA) is 73.0 Å². The van der Waals surface area contributed by atoms with E-state index in [1.54, 1.807) is 6.07 Å². The molecule has 0 saturated carbocycles. The number of alkyl halides is 3. The van der Waals surface area contributed by atoms with Crippen molar-refractivity contribution in [3.8, 4) is 0 Å². The Kier molecular flexibility index (Phi) is 5.84. The molecular formula is C16H20BrF3N4O2. The lowest BCUT2D eigenvalue weighted by Crippen LogP contribution is -2.26. The van der Waals surface area contributed by atoms with Crippen molar-refractivity contribution in [1.82, 2.24) is 14.9 Å². The van der Waals surface area contributed by atoms with Gasteiger partial charge >= 0.3 is 6.18 Å². The highest BCUT2D eigenvalue weighted by atomic mass is 79.9. The lowest BCUT2D eigenvalue weighted by atomic mass is 9.92. The van der Waals surface area contributed by atoms with E-state index in [4.69, 9.17) is 4.52 Å². The van der Waals surface area contributed by atoms with Gasteiger partial charge in [-0.25, -0.2) is 0 Å². The molecule has 2 heterocycles. The van der Waals surface area contributed by atoms with Crippen molar-refractivity contribution in [3.63, 3.8) is 0 Å². The maximum atomic E-state index is 12.9. The van der Waals surface area contributed by atoms with Crippen LogP contribution in [0.5, 0.6) is 0 Å². The van der Waals surface area contributed by atoms with E-state index in [-0.39, 0.29) is 15.8 Å². The van der Waals surface area contributed by atoms with Crippen molar-refractivity contribution in [3.05, 3.63) is 28.1 Å². The van der Waals surface area contributed by atoms with E-state index >= 15 is 0 Å². The summed E-state index contributed by atoms with van der Waals surface area (Å²) in [6.07, 6.45) is -2.55. The zero-order valence-electron chi connectivity index (χ0n) is 14.8. The van der Waals surface area contributed by atoms with Gasteiger partial charge < -0.3 is 4.52 Å². The van der Waals surface area contributed by atoms with Crippen molar-refractivity contribution in [2.45, 2.75) is 58.2 Å². The normalized spacial score (nSPS) is 13.7. The molecule has 26 heavy (non-hydrogen) atoms. The number of carbonyl (C=O) groups is 1. The predicted molar refractivity (Wildman–Crippen MR) is 92.7 cm³/mol. The number of anilines is 1. The molecule has 1 amide bonds. The average molecular weight is 437 g/mol. The Hall–Kier alpha value is -1.84. The van der Waals surface area contributed by atoms with Gasteiger partial charge in [-0.15, -0.1) is 0 Å². The fourth-order valence-electron chi connectivity index (χ4n) is 2.27. The number of hydrogen-bond donors (Lipinski definition) is 1. The number of nitrogens with one attached hydrogen (secondary N) is 1. The minimum Gasteiger partial charge on any atom is -0.338 e. The first kappa shape index (κ1) is 20.5. The minimum absolute atomic E-state index is 0.142. The third kappa shape index (κ3) is 4.66. The molecule has 1 N–H and O–H groups in total. The number of halogens is 4. The third-order valence-electron chi connectivity index (χ3n) is 3.66. The summed E-state index contributed by atoms with van der Waals surface area (Å²) in [5.41, 5.74) is -0.675. The van der Waals surface area contributed by atoms with Crippen LogP contribution in [0.4, 0.5) is 19.1 Å². The Labute approximate surface area is 157 Å². The number of amides is 1. The molecule has 0 aromatic carbocycles. The molecule has 0 radical (unpaired) electrons. The molecule has 144 valence electrons. The summed E-state index contributed by atoms with van der Waals surface area (Å²) in [7, 11) is 0. The lowest BCUT2D eigenvalue weighted by Gasteiger charge is -2.15. The molecule has 1 atom stereocenters. The summed E-state index contributed by atoms with van der Waals surface area (Å²) in [6.45, 7) is 7.65. The molecule has 0 fully saturated rings. The largest absolute Gasteiger partial charge is 0.436 e. The molecule has 0 aliphatic heterocycles. The van der Waals surface area contributed by atoms with Crippen LogP contribution in [0, 0.1) is 0 Å². The highest BCUT2D eigenvalue weighted by Gasteiger charge is 2.38. The predicted octanol–water partition coefficient (Wildman–Crippen LogP) is 4.93. The second-order valence-electron chi connectivity index (χ2n) is 6.92. The molecule has 0 saturated heterocycles. The fourth-order valence-corrected chi connectivity index (χ4v) is 2.78. The van der Waals surface area contributed by atoms with Crippen molar-refractivity contribution in [2.24, 2.45) is 0 Å². The first-order chi connectivity index (χ1) is 11.9. The molecule has 6 nitrogen and oxygen atoms in total. The molecule has 10 heteroatoms. The molecule has 0 spiro atoms. The van der Waals surface area contributed by atoms with E-state index in [0.29, 0.717) is 18.5 Å². The summed E-state index contributed by atoms with van der Waals surface area (Å²) in [6, 6.07) is 0.691. The zero-order chi connectivity index (χ0) is 19.7. The Balaban J connectivity index is 2.24. The molecule has 0 aliphatic carbocycles. The van der Waals surface area contributed by atoms with Crippen molar-refractivity contribution in [2.75, 3.05) is 5.32 Å². The second-order valence-corrected chi connectivity index (χ2v) is 7.78. The first-order valence-electron chi connectivity index (χ1n) is 8.03.